The molecule has 0 N–H and O–H groups in total. The second kappa shape index (κ2) is 7.32. The minimum absolute atomic E-state index is 0.351. The Morgan fingerprint density at radius 3 is 2.92 bits per heavy atom. The summed E-state index contributed by atoms with van der Waals surface area (Å²) < 4.78 is 13.8. The van der Waals surface area contributed by atoms with Crippen LogP contribution in [0, 0.1) is 25.7 Å². The zero-order valence-corrected chi connectivity index (χ0v) is 15.8. The Kier molecular flexibility index (Phi) is 4.91. The maximum absolute atomic E-state index is 6.06. The monoisotopic (exact) mass is 357 g/mol. The first-order valence-corrected chi connectivity index (χ1v) is 9.34. The van der Waals surface area contributed by atoms with E-state index in [1.54, 1.807) is 6.20 Å². The molecule has 0 radical (unpaired) electrons. The van der Waals surface area contributed by atoms with E-state index in [0.717, 1.165) is 44.0 Å². The molecule has 2 aliphatic heterocycles. The van der Waals surface area contributed by atoms with Crippen LogP contribution in [-0.2, 0) is 18.3 Å². The third-order valence-corrected chi connectivity index (χ3v) is 5.49. The SMILES string of the molecule is Cc1ccnc(OCC[C@H]2CO[C@H]3CN(Cc4cc(C)nn4C)C[C@@H]23)n1. The number of nitrogens with zero attached hydrogens (tertiary/aromatic N) is 5. The van der Waals surface area contributed by atoms with E-state index in [1.165, 1.54) is 5.69 Å². The zero-order chi connectivity index (χ0) is 18.1. The summed E-state index contributed by atoms with van der Waals surface area (Å²) in [5.41, 5.74) is 3.27. The molecule has 7 nitrogen and oxygen atoms in total. The molecule has 2 aromatic rings. The predicted octanol–water partition coefficient (Wildman–Crippen LogP) is 1.74. The van der Waals surface area contributed by atoms with Crippen LogP contribution in [0.2, 0.25) is 0 Å². The van der Waals surface area contributed by atoms with Gasteiger partial charge >= 0.3 is 6.01 Å². The van der Waals surface area contributed by atoms with Crippen LogP contribution in [0.5, 0.6) is 6.01 Å². The molecule has 0 aromatic carbocycles. The lowest BCUT2D eigenvalue weighted by Crippen LogP contribution is -2.25. The average Bonchev–Trinajstić information content (AvgIpc) is 3.24. The summed E-state index contributed by atoms with van der Waals surface area (Å²) in [6.45, 7) is 8.50. The van der Waals surface area contributed by atoms with Gasteiger partial charge in [-0.25, -0.2) is 9.97 Å². The van der Waals surface area contributed by atoms with Gasteiger partial charge in [0.15, 0.2) is 0 Å². The first-order valence-electron chi connectivity index (χ1n) is 9.34. The molecule has 2 aromatic heterocycles. The van der Waals surface area contributed by atoms with E-state index in [4.69, 9.17) is 9.47 Å². The standard InChI is InChI=1S/C19H27N5O2/c1-13-4-6-20-19(21-13)25-7-5-15-12-26-18-11-24(10-17(15)18)9-16-8-14(2)22-23(16)3/h4,6,8,15,17-18H,5,7,9-12H2,1-3H3/t15-,17-,18-/m0/s1. The number of ether oxygens (including phenoxy) is 2. The molecule has 0 amide bonds. The minimum atomic E-state index is 0.351. The van der Waals surface area contributed by atoms with Gasteiger partial charge in [0.25, 0.3) is 0 Å². The summed E-state index contributed by atoms with van der Waals surface area (Å²) in [5, 5.41) is 4.45. The van der Waals surface area contributed by atoms with Crippen LogP contribution in [0.1, 0.15) is 23.5 Å². The van der Waals surface area contributed by atoms with E-state index in [-0.39, 0.29) is 0 Å². The third-order valence-electron chi connectivity index (χ3n) is 5.49. The van der Waals surface area contributed by atoms with Gasteiger partial charge in [0.1, 0.15) is 0 Å². The fourth-order valence-electron chi connectivity index (χ4n) is 4.14. The Hall–Kier alpha value is -1.99. The fraction of sp³-hybridized carbons (Fsp3) is 0.632. The molecule has 140 valence electrons. The van der Waals surface area contributed by atoms with Crippen LogP contribution >= 0.6 is 0 Å². The molecule has 4 rings (SSSR count). The number of aryl methyl sites for hydroxylation is 3. The van der Waals surface area contributed by atoms with Crippen molar-refractivity contribution in [3.63, 3.8) is 0 Å². The molecule has 0 spiro atoms. The molecule has 2 aliphatic rings. The van der Waals surface area contributed by atoms with Crippen LogP contribution in [0.4, 0.5) is 0 Å². The van der Waals surface area contributed by atoms with Gasteiger partial charge in [0, 0.05) is 44.5 Å². The van der Waals surface area contributed by atoms with Crippen LogP contribution in [0.3, 0.4) is 0 Å². The highest BCUT2D eigenvalue weighted by Crippen LogP contribution is 2.36. The molecule has 0 saturated carbocycles. The van der Waals surface area contributed by atoms with Gasteiger partial charge in [-0.3, -0.25) is 9.58 Å². The van der Waals surface area contributed by atoms with Gasteiger partial charge in [-0.2, -0.15) is 5.10 Å². The quantitative estimate of drug-likeness (QED) is 0.785. The molecule has 7 heteroatoms. The van der Waals surface area contributed by atoms with Crippen molar-refractivity contribution < 1.29 is 9.47 Å². The number of hydrogen-bond acceptors (Lipinski definition) is 6. The Labute approximate surface area is 154 Å². The maximum atomic E-state index is 6.06. The molecule has 3 atom stereocenters. The van der Waals surface area contributed by atoms with Crippen molar-refractivity contribution in [2.24, 2.45) is 18.9 Å². The maximum Gasteiger partial charge on any atom is 0.316 e. The second-order valence-electron chi connectivity index (χ2n) is 7.51. The van der Waals surface area contributed by atoms with Crippen LogP contribution in [-0.4, -0.2) is 57.1 Å². The summed E-state index contributed by atoms with van der Waals surface area (Å²) in [5.74, 6) is 1.13. The number of likely N-dealkylation sites (tertiary alicyclic amines) is 1. The van der Waals surface area contributed by atoms with Crippen LogP contribution in [0.15, 0.2) is 18.3 Å². The topological polar surface area (TPSA) is 65.3 Å². The minimum Gasteiger partial charge on any atom is -0.463 e. The number of aromatic nitrogens is 4. The smallest absolute Gasteiger partial charge is 0.316 e. The third kappa shape index (κ3) is 3.73. The molecular formula is C19H27N5O2. The number of fused-ring (bicyclic) bond motifs is 1. The van der Waals surface area contributed by atoms with Crippen molar-refractivity contribution in [3.8, 4) is 6.01 Å². The summed E-state index contributed by atoms with van der Waals surface area (Å²) in [4.78, 5) is 10.9. The Morgan fingerprint density at radius 2 is 2.15 bits per heavy atom. The van der Waals surface area contributed by atoms with Crippen LogP contribution < -0.4 is 4.74 Å². The summed E-state index contributed by atoms with van der Waals surface area (Å²) in [7, 11) is 2.02. The van der Waals surface area contributed by atoms with Gasteiger partial charge in [-0.1, -0.05) is 0 Å². The van der Waals surface area contributed by atoms with Gasteiger partial charge in [0.2, 0.25) is 0 Å². The normalized spacial score (nSPS) is 25.6. The lowest BCUT2D eigenvalue weighted by molar-refractivity contribution is 0.0918. The van der Waals surface area contributed by atoms with E-state index in [9.17, 15) is 0 Å². The van der Waals surface area contributed by atoms with Crippen LogP contribution in [0.25, 0.3) is 0 Å². The van der Waals surface area contributed by atoms with E-state index >= 15 is 0 Å². The van der Waals surface area contributed by atoms with E-state index in [1.807, 2.05) is 31.6 Å². The van der Waals surface area contributed by atoms with Crippen molar-refractivity contribution in [3.05, 3.63) is 35.4 Å². The van der Waals surface area contributed by atoms with Gasteiger partial charge in [0.05, 0.1) is 30.7 Å². The van der Waals surface area contributed by atoms with Crippen molar-refractivity contribution in [1.82, 2.24) is 24.6 Å². The van der Waals surface area contributed by atoms with Crippen molar-refractivity contribution in [2.75, 3.05) is 26.3 Å². The van der Waals surface area contributed by atoms with Gasteiger partial charge < -0.3 is 9.47 Å². The molecule has 0 unspecified atom stereocenters. The number of hydrogen-bond donors (Lipinski definition) is 0. The Morgan fingerprint density at radius 1 is 1.27 bits per heavy atom. The molecule has 26 heavy (non-hydrogen) atoms. The van der Waals surface area contributed by atoms with E-state index < -0.39 is 0 Å². The largest absolute Gasteiger partial charge is 0.463 e. The van der Waals surface area contributed by atoms with Crippen molar-refractivity contribution >= 4 is 0 Å². The van der Waals surface area contributed by atoms with Crippen molar-refractivity contribution in [2.45, 2.75) is 32.9 Å². The van der Waals surface area contributed by atoms with Gasteiger partial charge in [-0.05, 0) is 38.3 Å². The lowest BCUT2D eigenvalue weighted by atomic mass is 9.91. The Bertz CT molecular complexity index is 762. The molecule has 0 bridgehead atoms. The van der Waals surface area contributed by atoms with E-state index in [2.05, 4.69) is 26.0 Å². The molecule has 2 fully saturated rings. The highest BCUT2D eigenvalue weighted by molar-refractivity contribution is 5.09. The lowest BCUT2D eigenvalue weighted by Gasteiger charge is -2.19. The first kappa shape index (κ1) is 17.4. The average molecular weight is 357 g/mol. The molecule has 4 heterocycles. The zero-order valence-electron chi connectivity index (χ0n) is 15.8. The summed E-state index contributed by atoms with van der Waals surface area (Å²) in [6, 6.07) is 4.52. The summed E-state index contributed by atoms with van der Waals surface area (Å²) in [6.07, 6.45) is 3.07. The highest BCUT2D eigenvalue weighted by Gasteiger charge is 2.43. The first-order chi connectivity index (χ1) is 12.6. The van der Waals surface area contributed by atoms with Gasteiger partial charge in [-0.15, -0.1) is 0 Å². The molecule has 2 saturated heterocycles. The highest BCUT2D eigenvalue weighted by atomic mass is 16.5. The summed E-state index contributed by atoms with van der Waals surface area (Å²) >= 11 is 0. The molecule has 0 aliphatic carbocycles. The van der Waals surface area contributed by atoms with Crippen molar-refractivity contribution in [1.29, 1.82) is 0 Å². The molecular weight excluding hydrogens is 330 g/mol. The predicted molar refractivity (Wildman–Crippen MR) is 96.8 cm³/mol. The van der Waals surface area contributed by atoms with E-state index in [0.29, 0.717) is 30.6 Å². The fourth-order valence-corrected chi connectivity index (χ4v) is 4.14. The Balaban J connectivity index is 1.28. The number of rotatable bonds is 6. The second-order valence-corrected chi connectivity index (χ2v) is 7.51.